The van der Waals surface area contributed by atoms with E-state index in [0.29, 0.717) is 36.5 Å². The molecule has 0 saturated heterocycles. The van der Waals surface area contributed by atoms with Crippen LogP contribution in [-0.4, -0.2) is 54.9 Å². The zero-order valence-corrected chi connectivity index (χ0v) is 19.1. The molecule has 2 aromatic rings. The van der Waals surface area contributed by atoms with Gasteiger partial charge in [-0.15, -0.1) is 0 Å². The quantitative estimate of drug-likeness (QED) is 0.676. The van der Waals surface area contributed by atoms with E-state index in [1.54, 1.807) is 41.2 Å². The minimum absolute atomic E-state index is 0.0470. The first-order valence-corrected chi connectivity index (χ1v) is 11.4. The summed E-state index contributed by atoms with van der Waals surface area (Å²) in [5.74, 6) is 0.144. The molecule has 8 nitrogen and oxygen atoms in total. The van der Waals surface area contributed by atoms with Gasteiger partial charge in [0.1, 0.15) is 11.3 Å². The van der Waals surface area contributed by atoms with Gasteiger partial charge in [0, 0.05) is 11.8 Å². The number of ether oxygens (including phenoxy) is 1. The number of anilines is 3. The van der Waals surface area contributed by atoms with Crippen LogP contribution in [0.1, 0.15) is 32.6 Å². The average molecular weight is 451 g/mol. The predicted octanol–water partition coefficient (Wildman–Crippen LogP) is 3.25. The van der Waals surface area contributed by atoms with Crippen molar-refractivity contribution in [1.82, 2.24) is 4.90 Å². The second-order valence-corrected chi connectivity index (χ2v) is 8.52. The molecule has 2 aliphatic rings. The Morgan fingerprint density at radius 1 is 1.12 bits per heavy atom. The lowest BCUT2D eigenvalue weighted by Gasteiger charge is -2.44. The Kier molecular flexibility index (Phi) is 6.65. The SMILES string of the molecule is CCN(CC(=O)Nc1cccc(OC)c1)CC(=O)N1c2ccccc2NC(=O)C12CCCC2. The molecule has 174 valence electrons. The van der Waals surface area contributed by atoms with Crippen molar-refractivity contribution in [3.8, 4) is 5.75 Å². The summed E-state index contributed by atoms with van der Waals surface area (Å²) in [5.41, 5.74) is 1.15. The van der Waals surface area contributed by atoms with E-state index in [4.69, 9.17) is 4.74 Å². The van der Waals surface area contributed by atoms with Gasteiger partial charge in [0.2, 0.25) is 11.8 Å². The number of nitrogens with one attached hydrogen (secondary N) is 2. The maximum Gasteiger partial charge on any atom is 0.250 e. The van der Waals surface area contributed by atoms with E-state index in [0.717, 1.165) is 18.5 Å². The monoisotopic (exact) mass is 450 g/mol. The van der Waals surface area contributed by atoms with Crippen LogP contribution in [-0.2, 0) is 14.4 Å². The highest BCUT2D eigenvalue weighted by Crippen LogP contribution is 2.45. The Morgan fingerprint density at radius 3 is 2.61 bits per heavy atom. The van der Waals surface area contributed by atoms with Crippen molar-refractivity contribution in [3.63, 3.8) is 0 Å². The van der Waals surface area contributed by atoms with Crippen LogP contribution in [0.2, 0.25) is 0 Å². The Morgan fingerprint density at radius 2 is 1.88 bits per heavy atom. The average Bonchev–Trinajstić information content (AvgIpc) is 3.29. The maximum atomic E-state index is 13.6. The minimum Gasteiger partial charge on any atom is -0.497 e. The van der Waals surface area contributed by atoms with Crippen molar-refractivity contribution in [2.24, 2.45) is 0 Å². The Balaban J connectivity index is 1.50. The van der Waals surface area contributed by atoms with Gasteiger partial charge in [-0.1, -0.05) is 38.0 Å². The summed E-state index contributed by atoms with van der Waals surface area (Å²) < 4.78 is 5.20. The lowest BCUT2D eigenvalue weighted by Crippen LogP contribution is -2.62. The van der Waals surface area contributed by atoms with Crippen LogP contribution in [0, 0.1) is 0 Å². The summed E-state index contributed by atoms with van der Waals surface area (Å²) in [6.07, 6.45) is 3.09. The van der Waals surface area contributed by atoms with Crippen molar-refractivity contribution in [3.05, 3.63) is 48.5 Å². The largest absolute Gasteiger partial charge is 0.497 e. The lowest BCUT2D eigenvalue weighted by molar-refractivity contribution is -0.128. The van der Waals surface area contributed by atoms with Crippen LogP contribution in [0.3, 0.4) is 0 Å². The fourth-order valence-corrected chi connectivity index (χ4v) is 4.77. The molecule has 1 saturated carbocycles. The number of carbonyl (C=O) groups excluding carboxylic acids is 3. The standard InChI is InChI=1S/C25H30N4O4/c1-3-28(16-22(30)26-18-9-8-10-19(15-18)33-2)17-23(31)29-21-12-5-4-11-20(21)27-24(32)25(29)13-6-7-14-25/h4-5,8-12,15H,3,6-7,13-14,16-17H2,1-2H3,(H,26,30)(H,27,32). The van der Waals surface area contributed by atoms with E-state index in [2.05, 4.69) is 10.6 Å². The van der Waals surface area contributed by atoms with Gasteiger partial charge in [0.25, 0.3) is 5.91 Å². The summed E-state index contributed by atoms with van der Waals surface area (Å²) >= 11 is 0. The number of rotatable bonds is 7. The fourth-order valence-electron chi connectivity index (χ4n) is 4.77. The third kappa shape index (κ3) is 4.57. The van der Waals surface area contributed by atoms with E-state index in [1.807, 2.05) is 31.2 Å². The Bertz CT molecular complexity index is 1050. The molecule has 2 N–H and O–H groups in total. The number of hydrogen-bond acceptors (Lipinski definition) is 5. The van der Waals surface area contributed by atoms with Crippen LogP contribution >= 0.6 is 0 Å². The second-order valence-electron chi connectivity index (χ2n) is 8.52. The molecule has 2 aromatic carbocycles. The molecule has 1 spiro atoms. The summed E-state index contributed by atoms with van der Waals surface area (Å²) in [6.45, 7) is 2.54. The summed E-state index contributed by atoms with van der Waals surface area (Å²) in [6, 6.07) is 14.5. The van der Waals surface area contributed by atoms with Crippen molar-refractivity contribution in [2.45, 2.75) is 38.1 Å². The van der Waals surface area contributed by atoms with Gasteiger partial charge < -0.3 is 15.4 Å². The zero-order chi connectivity index (χ0) is 23.4. The zero-order valence-electron chi connectivity index (χ0n) is 19.1. The molecular weight excluding hydrogens is 420 g/mol. The smallest absolute Gasteiger partial charge is 0.250 e. The first kappa shape index (κ1) is 22.8. The number of methoxy groups -OCH3 is 1. The number of amides is 3. The Hall–Kier alpha value is -3.39. The van der Waals surface area contributed by atoms with E-state index < -0.39 is 5.54 Å². The molecule has 3 amide bonds. The van der Waals surface area contributed by atoms with E-state index in [1.165, 1.54) is 0 Å². The third-order valence-electron chi connectivity index (χ3n) is 6.45. The van der Waals surface area contributed by atoms with Crippen LogP contribution in [0.5, 0.6) is 5.75 Å². The molecule has 4 rings (SSSR count). The van der Waals surface area contributed by atoms with Crippen LogP contribution < -0.4 is 20.3 Å². The van der Waals surface area contributed by atoms with Gasteiger partial charge in [0.05, 0.1) is 31.6 Å². The molecule has 0 aromatic heterocycles. The van der Waals surface area contributed by atoms with E-state index in [9.17, 15) is 14.4 Å². The van der Waals surface area contributed by atoms with Crippen LogP contribution in [0.15, 0.2) is 48.5 Å². The van der Waals surface area contributed by atoms with Gasteiger partial charge in [-0.25, -0.2) is 0 Å². The number of benzene rings is 2. The molecule has 8 heteroatoms. The number of likely N-dealkylation sites (N-methyl/N-ethyl adjacent to an activating group) is 1. The molecule has 33 heavy (non-hydrogen) atoms. The van der Waals surface area contributed by atoms with E-state index >= 15 is 0 Å². The number of para-hydroxylation sites is 2. The first-order valence-electron chi connectivity index (χ1n) is 11.4. The van der Waals surface area contributed by atoms with E-state index in [-0.39, 0.29) is 30.8 Å². The van der Waals surface area contributed by atoms with Gasteiger partial charge >= 0.3 is 0 Å². The topological polar surface area (TPSA) is 91.0 Å². The molecule has 1 aliphatic carbocycles. The highest BCUT2D eigenvalue weighted by atomic mass is 16.5. The van der Waals surface area contributed by atoms with Crippen molar-refractivity contribution in [2.75, 3.05) is 42.3 Å². The first-order chi connectivity index (χ1) is 16.0. The summed E-state index contributed by atoms with van der Waals surface area (Å²) in [5, 5.41) is 5.85. The molecule has 1 aliphatic heterocycles. The second kappa shape index (κ2) is 9.62. The molecule has 1 heterocycles. The number of hydrogen-bond donors (Lipinski definition) is 2. The molecule has 0 bridgehead atoms. The molecule has 0 atom stereocenters. The number of fused-ring (bicyclic) bond motifs is 1. The molecule has 0 unspecified atom stereocenters. The van der Waals surface area contributed by atoms with Crippen molar-refractivity contribution >= 4 is 34.8 Å². The van der Waals surface area contributed by atoms with Crippen molar-refractivity contribution in [1.29, 1.82) is 0 Å². The summed E-state index contributed by atoms with van der Waals surface area (Å²) in [7, 11) is 1.57. The molecular formula is C25H30N4O4. The normalized spacial score (nSPS) is 16.5. The van der Waals surface area contributed by atoms with Gasteiger partial charge in [-0.05, 0) is 43.7 Å². The third-order valence-corrected chi connectivity index (χ3v) is 6.45. The molecule has 0 radical (unpaired) electrons. The fraction of sp³-hybridized carbons (Fsp3) is 0.400. The van der Waals surface area contributed by atoms with Gasteiger partial charge in [0.15, 0.2) is 0 Å². The number of carbonyl (C=O) groups is 3. The van der Waals surface area contributed by atoms with Gasteiger partial charge in [-0.3, -0.25) is 24.2 Å². The Labute approximate surface area is 193 Å². The van der Waals surface area contributed by atoms with Crippen molar-refractivity contribution < 1.29 is 19.1 Å². The highest BCUT2D eigenvalue weighted by molar-refractivity contribution is 6.15. The molecule has 1 fully saturated rings. The van der Waals surface area contributed by atoms with Gasteiger partial charge in [-0.2, -0.15) is 0 Å². The highest BCUT2D eigenvalue weighted by Gasteiger charge is 2.52. The lowest BCUT2D eigenvalue weighted by atomic mass is 9.89. The maximum absolute atomic E-state index is 13.6. The minimum atomic E-state index is -0.853. The predicted molar refractivity (Wildman–Crippen MR) is 127 cm³/mol. The summed E-state index contributed by atoms with van der Waals surface area (Å²) in [4.78, 5) is 42.8. The van der Waals surface area contributed by atoms with Crippen LogP contribution in [0.25, 0.3) is 0 Å². The van der Waals surface area contributed by atoms with Crippen LogP contribution in [0.4, 0.5) is 17.1 Å². The number of nitrogens with zero attached hydrogens (tertiary/aromatic N) is 2.